The van der Waals surface area contributed by atoms with E-state index in [9.17, 15) is 17.1 Å². The van der Waals surface area contributed by atoms with Crippen LogP contribution in [-0.2, 0) is 21.4 Å². The highest BCUT2D eigenvalue weighted by Gasteiger charge is 2.32. The van der Waals surface area contributed by atoms with Crippen LogP contribution in [-0.4, -0.2) is 26.7 Å². The second-order valence-corrected chi connectivity index (χ2v) is 7.70. The minimum atomic E-state index is -4.82. The van der Waals surface area contributed by atoms with Crippen molar-refractivity contribution in [2.45, 2.75) is 51.0 Å². The van der Waals surface area contributed by atoms with Gasteiger partial charge in [-0.05, 0) is 57.7 Å². The van der Waals surface area contributed by atoms with Gasteiger partial charge in [-0.25, -0.2) is 4.79 Å². The molecule has 1 aliphatic heterocycles. The van der Waals surface area contributed by atoms with E-state index in [-0.39, 0.29) is 4.90 Å². The first kappa shape index (κ1) is 16.7. The largest absolute Gasteiger partial charge is 0.443 e. The lowest BCUT2D eigenvalue weighted by Gasteiger charge is -2.33. The van der Waals surface area contributed by atoms with Crippen LogP contribution in [0.5, 0.6) is 0 Å². The molecule has 1 aromatic rings. The summed E-state index contributed by atoms with van der Waals surface area (Å²) >= 11 is 0. The van der Waals surface area contributed by atoms with Crippen LogP contribution in [0.1, 0.15) is 38.3 Å². The lowest BCUT2D eigenvalue weighted by Crippen LogP contribution is -2.40. The molecule has 0 saturated carbocycles. The standard InChI is InChI=1S/C15H20FNO4S/c1-10-7-8-12(22(16,19)20)11-6-5-9-17(13(10)11)14(18)21-15(2,3)4/h7-8H,5-6,9H2,1-4H3. The van der Waals surface area contributed by atoms with E-state index in [2.05, 4.69) is 0 Å². The molecule has 5 nitrogen and oxygen atoms in total. The lowest BCUT2D eigenvalue weighted by atomic mass is 9.98. The van der Waals surface area contributed by atoms with Crippen molar-refractivity contribution in [3.8, 4) is 0 Å². The van der Waals surface area contributed by atoms with Gasteiger partial charge in [0, 0.05) is 6.54 Å². The summed E-state index contributed by atoms with van der Waals surface area (Å²) in [5.41, 5.74) is 0.846. The molecule has 0 aromatic heterocycles. The Kier molecular flexibility index (Phi) is 4.21. The maximum atomic E-state index is 13.5. The van der Waals surface area contributed by atoms with Gasteiger partial charge in [-0.1, -0.05) is 6.07 Å². The number of rotatable bonds is 1. The Morgan fingerprint density at radius 3 is 2.50 bits per heavy atom. The highest BCUT2D eigenvalue weighted by Crippen LogP contribution is 2.36. The first-order valence-corrected chi connectivity index (χ1v) is 8.47. The number of ether oxygens (including phenoxy) is 1. The number of anilines is 1. The summed E-state index contributed by atoms with van der Waals surface area (Å²) in [5.74, 6) is 0. The Hall–Kier alpha value is -1.63. The molecular formula is C15H20FNO4S. The van der Waals surface area contributed by atoms with Crippen LogP contribution in [0.4, 0.5) is 14.4 Å². The summed E-state index contributed by atoms with van der Waals surface area (Å²) < 4.78 is 41.5. The number of halogens is 1. The van der Waals surface area contributed by atoms with Crippen molar-refractivity contribution in [1.82, 2.24) is 0 Å². The number of hydrogen-bond donors (Lipinski definition) is 0. The highest BCUT2D eigenvalue weighted by molar-refractivity contribution is 7.86. The van der Waals surface area contributed by atoms with E-state index in [0.29, 0.717) is 36.2 Å². The Morgan fingerprint density at radius 1 is 1.32 bits per heavy atom. The first-order valence-electron chi connectivity index (χ1n) is 7.08. The molecule has 1 amide bonds. The molecule has 0 radical (unpaired) electrons. The number of hydrogen-bond acceptors (Lipinski definition) is 4. The SMILES string of the molecule is Cc1ccc(S(=O)(=O)F)c2c1N(C(=O)OC(C)(C)C)CCC2. The molecule has 2 rings (SSSR count). The molecule has 0 atom stereocenters. The van der Waals surface area contributed by atoms with Gasteiger partial charge in [0.15, 0.2) is 0 Å². The maximum absolute atomic E-state index is 13.5. The summed E-state index contributed by atoms with van der Waals surface area (Å²) in [6, 6.07) is 2.76. The molecule has 0 N–H and O–H groups in total. The second kappa shape index (κ2) is 5.53. The molecule has 0 aliphatic carbocycles. The van der Waals surface area contributed by atoms with Crippen LogP contribution in [0.2, 0.25) is 0 Å². The normalized spacial score (nSPS) is 15.4. The zero-order valence-corrected chi connectivity index (χ0v) is 14.0. The highest BCUT2D eigenvalue weighted by atomic mass is 32.3. The number of amides is 1. The molecule has 0 bridgehead atoms. The minimum absolute atomic E-state index is 0.347. The van der Waals surface area contributed by atoms with Crippen LogP contribution in [0.15, 0.2) is 17.0 Å². The molecule has 7 heteroatoms. The zero-order valence-electron chi connectivity index (χ0n) is 13.1. The van der Waals surface area contributed by atoms with Crippen molar-refractivity contribution < 1.29 is 21.8 Å². The maximum Gasteiger partial charge on any atom is 0.414 e. The van der Waals surface area contributed by atoms with Gasteiger partial charge in [-0.3, -0.25) is 4.90 Å². The van der Waals surface area contributed by atoms with E-state index in [1.165, 1.54) is 17.0 Å². The van der Waals surface area contributed by atoms with Crippen molar-refractivity contribution in [2.24, 2.45) is 0 Å². The minimum Gasteiger partial charge on any atom is -0.443 e. The van der Waals surface area contributed by atoms with Crippen molar-refractivity contribution in [3.63, 3.8) is 0 Å². The number of carbonyl (C=O) groups is 1. The van der Waals surface area contributed by atoms with E-state index >= 15 is 0 Å². The predicted octanol–water partition coefficient (Wildman–Crippen LogP) is 3.34. The molecular weight excluding hydrogens is 309 g/mol. The second-order valence-electron chi connectivity index (χ2n) is 6.38. The third kappa shape index (κ3) is 3.40. The van der Waals surface area contributed by atoms with Crippen LogP contribution in [0, 0.1) is 6.92 Å². The number of nitrogens with zero attached hydrogens (tertiary/aromatic N) is 1. The lowest BCUT2D eigenvalue weighted by molar-refractivity contribution is 0.0577. The van der Waals surface area contributed by atoms with Gasteiger partial charge in [0.2, 0.25) is 0 Å². The average Bonchev–Trinajstić information content (AvgIpc) is 2.35. The van der Waals surface area contributed by atoms with Crippen LogP contribution >= 0.6 is 0 Å². The zero-order chi connectivity index (χ0) is 16.7. The summed E-state index contributed by atoms with van der Waals surface area (Å²) in [6.07, 6.45) is 0.414. The van der Waals surface area contributed by atoms with Gasteiger partial charge in [0.05, 0.1) is 5.69 Å². The summed E-state index contributed by atoms with van der Waals surface area (Å²) in [4.78, 5) is 13.4. The molecule has 0 saturated heterocycles. The smallest absolute Gasteiger partial charge is 0.414 e. The fraction of sp³-hybridized carbons (Fsp3) is 0.533. The molecule has 0 unspecified atom stereocenters. The Balaban J connectivity index is 2.53. The van der Waals surface area contributed by atoms with Gasteiger partial charge < -0.3 is 4.74 Å². The molecule has 0 spiro atoms. The number of fused-ring (bicyclic) bond motifs is 1. The van der Waals surface area contributed by atoms with Crippen molar-refractivity contribution in [2.75, 3.05) is 11.4 Å². The van der Waals surface area contributed by atoms with Gasteiger partial charge in [-0.15, -0.1) is 3.89 Å². The van der Waals surface area contributed by atoms with Crippen molar-refractivity contribution >= 4 is 22.0 Å². The van der Waals surface area contributed by atoms with E-state index in [4.69, 9.17) is 4.74 Å². The predicted molar refractivity (Wildman–Crippen MR) is 81.4 cm³/mol. The van der Waals surface area contributed by atoms with Gasteiger partial charge in [0.25, 0.3) is 0 Å². The third-order valence-corrected chi connectivity index (χ3v) is 4.30. The van der Waals surface area contributed by atoms with Gasteiger partial charge >= 0.3 is 16.3 Å². The van der Waals surface area contributed by atoms with E-state index in [0.717, 1.165) is 0 Å². The fourth-order valence-electron chi connectivity index (χ4n) is 2.61. The fourth-order valence-corrected chi connectivity index (χ4v) is 3.33. The summed E-state index contributed by atoms with van der Waals surface area (Å²) in [7, 11) is -4.82. The number of benzene rings is 1. The van der Waals surface area contributed by atoms with Gasteiger partial charge in [-0.2, -0.15) is 8.42 Å². The van der Waals surface area contributed by atoms with E-state index in [1.54, 1.807) is 27.7 Å². The molecule has 0 fully saturated rings. The number of aryl methyl sites for hydroxylation is 1. The third-order valence-electron chi connectivity index (χ3n) is 3.40. The number of carbonyl (C=O) groups excluding carboxylic acids is 1. The molecule has 22 heavy (non-hydrogen) atoms. The Morgan fingerprint density at radius 2 is 1.95 bits per heavy atom. The van der Waals surface area contributed by atoms with E-state index in [1.807, 2.05) is 0 Å². The summed E-state index contributed by atoms with van der Waals surface area (Å²) in [5, 5.41) is 0. The van der Waals surface area contributed by atoms with Gasteiger partial charge in [0.1, 0.15) is 10.5 Å². The topological polar surface area (TPSA) is 63.7 Å². The average molecular weight is 329 g/mol. The molecule has 1 heterocycles. The first-order chi connectivity index (χ1) is 10.0. The Bertz CT molecular complexity index is 707. The molecule has 1 aliphatic rings. The molecule has 122 valence electrons. The van der Waals surface area contributed by atoms with Crippen LogP contribution < -0.4 is 4.90 Å². The quantitative estimate of drug-likeness (QED) is 0.741. The monoisotopic (exact) mass is 329 g/mol. The Labute approximate surface area is 130 Å². The van der Waals surface area contributed by atoms with E-state index < -0.39 is 21.9 Å². The van der Waals surface area contributed by atoms with Crippen molar-refractivity contribution in [1.29, 1.82) is 0 Å². The van der Waals surface area contributed by atoms with Crippen LogP contribution in [0.25, 0.3) is 0 Å². The van der Waals surface area contributed by atoms with Crippen LogP contribution in [0.3, 0.4) is 0 Å². The molecule has 1 aromatic carbocycles. The summed E-state index contributed by atoms with van der Waals surface area (Å²) in [6.45, 7) is 7.44. The van der Waals surface area contributed by atoms with Crippen molar-refractivity contribution in [3.05, 3.63) is 23.3 Å².